The summed E-state index contributed by atoms with van der Waals surface area (Å²) >= 11 is 1.50. The summed E-state index contributed by atoms with van der Waals surface area (Å²) in [6, 6.07) is 9.20. The fraction of sp³-hybridized carbons (Fsp3) is 0.238. The highest BCUT2D eigenvalue weighted by Crippen LogP contribution is 2.37. The van der Waals surface area contributed by atoms with E-state index in [1.165, 1.54) is 18.4 Å². The first-order valence-corrected chi connectivity index (χ1v) is 10.2. The lowest BCUT2D eigenvalue weighted by atomic mass is 10.0. The molecule has 2 aromatic heterocycles. The number of fused-ring (bicyclic) bond motifs is 1. The van der Waals surface area contributed by atoms with E-state index in [1.807, 2.05) is 56.5 Å². The van der Waals surface area contributed by atoms with Gasteiger partial charge in [-0.3, -0.25) is 4.79 Å². The Kier molecular flexibility index (Phi) is 5.13. The number of aromatic nitrogens is 3. The monoisotopic (exact) mass is 423 g/mol. The molecule has 1 aliphatic rings. The Balaban J connectivity index is 1.76. The van der Waals surface area contributed by atoms with E-state index in [0.29, 0.717) is 17.2 Å². The number of esters is 1. The molecule has 2 N–H and O–H groups in total. The second-order valence-corrected chi connectivity index (χ2v) is 8.03. The number of hydrogen-bond donors (Lipinski definition) is 2. The molecule has 0 saturated heterocycles. The van der Waals surface area contributed by atoms with Gasteiger partial charge in [0.25, 0.3) is 11.7 Å². The number of nitrogens with one attached hydrogen (secondary N) is 2. The predicted molar refractivity (Wildman–Crippen MR) is 115 cm³/mol. The van der Waals surface area contributed by atoms with E-state index in [0.717, 1.165) is 21.7 Å². The highest BCUT2D eigenvalue weighted by molar-refractivity contribution is 7.10. The quantitative estimate of drug-likeness (QED) is 0.622. The number of benzene rings is 1. The van der Waals surface area contributed by atoms with Crippen molar-refractivity contribution in [2.45, 2.75) is 26.8 Å². The largest absolute Gasteiger partial charge is 0.463 e. The predicted octanol–water partition coefficient (Wildman–Crippen LogP) is 3.67. The lowest BCUT2D eigenvalue weighted by molar-refractivity contribution is -0.113. The third kappa shape index (κ3) is 3.48. The molecule has 3 aromatic rings. The summed E-state index contributed by atoms with van der Waals surface area (Å²) in [5.74, 6) is -0.562. The second kappa shape index (κ2) is 7.75. The number of allylic oxidation sites excluding steroid dienone is 1. The zero-order chi connectivity index (χ0) is 21.4. The van der Waals surface area contributed by atoms with Gasteiger partial charge in [-0.15, -0.1) is 16.4 Å². The van der Waals surface area contributed by atoms with E-state index in [-0.39, 0.29) is 11.7 Å². The lowest BCUT2D eigenvalue weighted by Crippen LogP contribution is -2.31. The third-order valence-electron chi connectivity index (χ3n) is 4.91. The highest BCUT2D eigenvalue weighted by Gasteiger charge is 2.35. The first kappa shape index (κ1) is 19.8. The van der Waals surface area contributed by atoms with Gasteiger partial charge in [-0.25, -0.2) is 9.48 Å². The molecule has 1 unspecified atom stereocenters. The SMILES string of the molecule is COC(=O)c1nc2n(n1)C(c1cccs1)C(C(=O)Nc1ccc(C)cc1C)=C(C)N2. The number of anilines is 2. The summed E-state index contributed by atoms with van der Waals surface area (Å²) in [5, 5.41) is 12.4. The molecular weight excluding hydrogens is 402 g/mol. The molecule has 0 spiro atoms. The molecule has 3 heterocycles. The van der Waals surface area contributed by atoms with Crippen LogP contribution in [0.4, 0.5) is 11.6 Å². The van der Waals surface area contributed by atoms with E-state index >= 15 is 0 Å². The van der Waals surface area contributed by atoms with Crippen LogP contribution in [0.15, 0.2) is 47.0 Å². The first-order valence-electron chi connectivity index (χ1n) is 9.33. The van der Waals surface area contributed by atoms with Crippen molar-refractivity contribution in [3.8, 4) is 0 Å². The maximum Gasteiger partial charge on any atom is 0.378 e. The van der Waals surface area contributed by atoms with Gasteiger partial charge in [-0.05, 0) is 43.8 Å². The lowest BCUT2D eigenvalue weighted by Gasteiger charge is -2.27. The molecule has 1 atom stereocenters. The van der Waals surface area contributed by atoms with Gasteiger partial charge in [0.05, 0.1) is 12.7 Å². The molecule has 1 aliphatic heterocycles. The summed E-state index contributed by atoms with van der Waals surface area (Å²) in [6.45, 7) is 5.78. The van der Waals surface area contributed by atoms with E-state index in [4.69, 9.17) is 4.74 Å². The minimum Gasteiger partial charge on any atom is -0.463 e. The zero-order valence-electron chi connectivity index (χ0n) is 17.0. The Morgan fingerprint density at radius 3 is 2.70 bits per heavy atom. The summed E-state index contributed by atoms with van der Waals surface area (Å²) in [4.78, 5) is 30.5. The molecule has 0 radical (unpaired) electrons. The maximum absolute atomic E-state index is 13.4. The van der Waals surface area contributed by atoms with Crippen molar-refractivity contribution in [2.24, 2.45) is 0 Å². The minimum atomic E-state index is -0.637. The van der Waals surface area contributed by atoms with Crippen LogP contribution < -0.4 is 10.6 Å². The number of hydrogen-bond acceptors (Lipinski definition) is 7. The molecule has 0 saturated carbocycles. The Morgan fingerprint density at radius 2 is 2.03 bits per heavy atom. The first-order chi connectivity index (χ1) is 14.4. The minimum absolute atomic E-state index is 0.0645. The molecular formula is C21H21N5O3S. The van der Waals surface area contributed by atoms with Crippen LogP contribution in [0.1, 0.15) is 39.6 Å². The third-order valence-corrected chi connectivity index (χ3v) is 5.83. The fourth-order valence-electron chi connectivity index (χ4n) is 3.48. The molecule has 154 valence electrons. The van der Waals surface area contributed by atoms with Crippen LogP contribution in [0.3, 0.4) is 0 Å². The molecule has 0 fully saturated rings. The number of methoxy groups -OCH3 is 1. The van der Waals surface area contributed by atoms with Crippen LogP contribution in [-0.2, 0) is 9.53 Å². The summed E-state index contributed by atoms with van der Waals surface area (Å²) < 4.78 is 6.31. The summed E-state index contributed by atoms with van der Waals surface area (Å²) in [5.41, 5.74) is 4.00. The van der Waals surface area contributed by atoms with Crippen molar-refractivity contribution < 1.29 is 14.3 Å². The molecule has 8 nitrogen and oxygen atoms in total. The summed E-state index contributed by atoms with van der Waals surface area (Å²) in [7, 11) is 1.28. The topological polar surface area (TPSA) is 98.1 Å². The molecule has 9 heteroatoms. The summed E-state index contributed by atoms with van der Waals surface area (Å²) in [6.07, 6.45) is 0. The maximum atomic E-state index is 13.4. The average Bonchev–Trinajstić information content (AvgIpc) is 3.38. The normalized spacial score (nSPS) is 15.4. The molecule has 30 heavy (non-hydrogen) atoms. The van der Waals surface area contributed by atoms with E-state index in [1.54, 1.807) is 4.68 Å². The molecule has 0 aliphatic carbocycles. The number of thiophene rings is 1. The van der Waals surface area contributed by atoms with Gasteiger partial charge in [-0.1, -0.05) is 23.8 Å². The molecule has 4 rings (SSSR count). The Morgan fingerprint density at radius 1 is 1.23 bits per heavy atom. The van der Waals surface area contributed by atoms with Crippen molar-refractivity contribution in [3.63, 3.8) is 0 Å². The number of nitrogens with zero attached hydrogens (tertiary/aromatic N) is 3. The zero-order valence-corrected chi connectivity index (χ0v) is 17.8. The van der Waals surface area contributed by atoms with Crippen molar-refractivity contribution >= 4 is 34.8 Å². The smallest absolute Gasteiger partial charge is 0.378 e. The van der Waals surface area contributed by atoms with Gasteiger partial charge < -0.3 is 15.4 Å². The fourth-order valence-corrected chi connectivity index (χ4v) is 4.29. The molecule has 1 aromatic carbocycles. The van der Waals surface area contributed by atoms with Gasteiger partial charge in [-0.2, -0.15) is 4.98 Å². The van der Waals surface area contributed by atoms with Crippen molar-refractivity contribution in [3.05, 3.63) is 68.8 Å². The van der Waals surface area contributed by atoms with Crippen LogP contribution in [-0.4, -0.2) is 33.8 Å². The Bertz CT molecular complexity index is 1160. The van der Waals surface area contributed by atoms with Gasteiger partial charge in [0.2, 0.25) is 5.95 Å². The van der Waals surface area contributed by atoms with Crippen molar-refractivity contribution in [2.75, 3.05) is 17.7 Å². The Hall–Kier alpha value is -3.46. The van der Waals surface area contributed by atoms with Gasteiger partial charge in [0.1, 0.15) is 6.04 Å². The number of rotatable bonds is 4. The van der Waals surface area contributed by atoms with Crippen molar-refractivity contribution in [1.82, 2.24) is 14.8 Å². The highest BCUT2D eigenvalue weighted by atomic mass is 32.1. The molecule has 0 bridgehead atoms. The van der Waals surface area contributed by atoms with Crippen LogP contribution in [0.2, 0.25) is 0 Å². The van der Waals surface area contributed by atoms with E-state index in [2.05, 4.69) is 20.7 Å². The van der Waals surface area contributed by atoms with Gasteiger partial charge in [0, 0.05) is 16.3 Å². The standard InChI is InChI=1S/C21H21N5O3S/c1-11-7-8-14(12(2)10-11)23-19(27)16-13(3)22-21-24-18(20(28)29-4)25-26(21)17(16)15-6-5-9-30-15/h5-10,17H,1-4H3,(H,23,27)(H,22,24,25). The number of ether oxygens (including phenoxy) is 1. The van der Waals surface area contributed by atoms with Crippen LogP contribution in [0.5, 0.6) is 0 Å². The second-order valence-electron chi connectivity index (χ2n) is 7.05. The van der Waals surface area contributed by atoms with Crippen LogP contribution in [0.25, 0.3) is 0 Å². The van der Waals surface area contributed by atoms with Crippen LogP contribution in [0, 0.1) is 13.8 Å². The van der Waals surface area contributed by atoms with Gasteiger partial charge >= 0.3 is 5.97 Å². The number of carbonyl (C=O) groups excluding carboxylic acids is 2. The average molecular weight is 423 g/mol. The molecule has 1 amide bonds. The van der Waals surface area contributed by atoms with E-state index in [9.17, 15) is 9.59 Å². The number of carbonyl (C=O) groups is 2. The van der Waals surface area contributed by atoms with Crippen molar-refractivity contribution in [1.29, 1.82) is 0 Å². The Labute approximate surface area is 177 Å². The van der Waals surface area contributed by atoms with E-state index < -0.39 is 12.0 Å². The van der Waals surface area contributed by atoms with Crippen LogP contribution >= 0.6 is 11.3 Å². The number of amides is 1. The van der Waals surface area contributed by atoms with Gasteiger partial charge in [0.15, 0.2) is 0 Å². The number of aryl methyl sites for hydroxylation is 2.